The summed E-state index contributed by atoms with van der Waals surface area (Å²) in [4.78, 5) is 13.4. The fraction of sp³-hybridized carbons (Fsp3) is 0.500. The largest absolute Gasteiger partial charge is 0.341 e. The smallest absolute Gasteiger partial charge is 0.240 e. The van der Waals surface area contributed by atoms with E-state index in [1.807, 2.05) is 0 Å². The minimum absolute atomic E-state index is 0. The molecular formula is C14H21ClFN3O3S. The number of carbonyl (C=O) groups excluding carboxylic acids is 1. The van der Waals surface area contributed by atoms with Gasteiger partial charge < -0.3 is 10.6 Å². The van der Waals surface area contributed by atoms with E-state index in [1.165, 1.54) is 18.2 Å². The van der Waals surface area contributed by atoms with Crippen LogP contribution < -0.4 is 10.5 Å². The molecule has 1 aliphatic heterocycles. The molecule has 1 unspecified atom stereocenters. The van der Waals surface area contributed by atoms with E-state index >= 15 is 0 Å². The molecule has 130 valence electrons. The van der Waals surface area contributed by atoms with Crippen molar-refractivity contribution in [3.8, 4) is 0 Å². The highest BCUT2D eigenvalue weighted by Gasteiger charge is 2.27. The topological polar surface area (TPSA) is 92.5 Å². The second-order valence-electron chi connectivity index (χ2n) is 5.30. The molecule has 1 heterocycles. The maximum absolute atomic E-state index is 13.2. The quantitative estimate of drug-likeness (QED) is 0.809. The average molecular weight is 366 g/mol. The molecule has 1 fully saturated rings. The van der Waals surface area contributed by atoms with E-state index in [4.69, 9.17) is 5.73 Å². The van der Waals surface area contributed by atoms with Crippen LogP contribution in [0.1, 0.15) is 19.3 Å². The second kappa shape index (κ2) is 8.58. The molecule has 1 atom stereocenters. The number of benzene rings is 1. The SMILES string of the molecule is Cl.NCCC(=O)N1CCCC(NS(=O)(=O)c2cccc(F)c2)C1. The lowest BCUT2D eigenvalue weighted by molar-refractivity contribution is -0.132. The molecule has 2 rings (SSSR count). The molecular weight excluding hydrogens is 345 g/mol. The molecule has 1 aliphatic rings. The van der Waals surface area contributed by atoms with Crippen LogP contribution in [0, 0.1) is 5.82 Å². The number of amides is 1. The molecule has 6 nitrogen and oxygen atoms in total. The van der Waals surface area contributed by atoms with Gasteiger partial charge >= 0.3 is 0 Å². The van der Waals surface area contributed by atoms with E-state index in [0.29, 0.717) is 25.9 Å². The number of sulfonamides is 1. The van der Waals surface area contributed by atoms with E-state index in [1.54, 1.807) is 4.90 Å². The van der Waals surface area contributed by atoms with Crippen molar-refractivity contribution in [1.29, 1.82) is 0 Å². The molecule has 0 spiro atoms. The second-order valence-corrected chi connectivity index (χ2v) is 7.01. The van der Waals surface area contributed by atoms with Crippen molar-refractivity contribution in [2.75, 3.05) is 19.6 Å². The van der Waals surface area contributed by atoms with Crippen molar-refractivity contribution in [3.05, 3.63) is 30.1 Å². The Kier molecular flexibility index (Phi) is 7.40. The highest BCUT2D eigenvalue weighted by molar-refractivity contribution is 7.89. The van der Waals surface area contributed by atoms with Gasteiger partial charge in [-0.25, -0.2) is 17.5 Å². The maximum atomic E-state index is 13.2. The summed E-state index contributed by atoms with van der Waals surface area (Å²) in [6.07, 6.45) is 1.61. The zero-order valence-corrected chi connectivity index (χ0v) is 14.2. The monoisotopic (exact) mass is 365 g/mol. The zero-order valence-electron chi connectivity index (χ0n) is 12.6. The maximum Gasteiger partial charge on any atom is 0.240 e. The Bertz CT molecular complexity index is 642. The molecule has 23 heavy (non-hydrogen) atoms. The molecule has 1 amide bonds. The van der Waals surface area contributed by atoms with Crippen LogP contribution in [-0.4, -0.2) is 44.9 Å². The third-order valence-electron chi connectivity index (χ3n) is 3.56. The molecule has 0 bridgehead atoms. The van der Waals surface area contributed by atoms with Crippen LogP contribution in [0.5, 0.6) is 0 Å². The van der Waals surface area contributed by atoms with Crippen LogP contribution >= 0.6 is 12.4 Å². The first-order valence-electron chi connectivity index (χ1n) is 7.18. The summed E-state index contributed by atoms with van der Waals surface area (Å²) in [5.74, 6) is -0.677. The molecule has 3 N–H and O–H groups in total. The van der Waals surface area contributed by atoms with Crippen molar-refractivity contribution in [1.82, 2.24) is 9.62 Å². The van der Waals surface area contributed by atoms with E-state index in [0.717, 1.165) is 6.07 Å². The fourth-order valence-corrected chi connectivity index (χ4v) is 3.80. The van der Waals surface area contributed by atoms with Crippen LogP contribution in [0.25, 0.3) is 0 Å². The first-order valence-corrected chi connectivity index (χ1v) is 8.66. The third kappa shape index (κ3) is 5.42. The Morgan fingerprint density at radius 1 is 1.43 bits per heavy atom. The van der Waals surface area contributed by atoms with Gasteiger partial charge in [0.15, 0.2) is 0 Å². The number of nitrogens with zero attached hydrogens (tertiary/aromatic N) is 1. The normalized spacial score (nSPS) is 18.3. The summed E-state index contributed by atoms with van der Waals surface area (Å²) >= 11 is 0. The van der Waals surface area contributed by atoms with Gasteiger partial charge in [-0.3, -0.25) is 4.79 Å². The van der Waals surface area contributed by atoms with E-state index < -0.39 is 15.8 Å². The van der Waals surface area contributed by atoms with Crippen molar-refractivity contribution >= 4 is 28.3 Å². The van der Waals surface area contributed by atoms with Crippen molar-refractivity contribution in [3.63, 3.8) is 0 Å². The summed E-state index contributed by atoms with van der Waals surface area (Å²) < 4.78 is 40.2. The number of halogens is 2. The summed E-state index contributed by atoms with van der Waals surface area (Å²) in [6, 6.07) is 4.48. The number of hydrogen-bond acceptors (Lipinski definition) is 4. The summed E-state index contributed by atoms with van der Waals surface area (Å²) in [5, 5.41) is 0. The van der Waals surface area contributed by atoms with Gasteiger partial charge in [0, 0.05) is 32.1 Å². The molecule has 0 aromatic heterocycles. The van der Waals surface area contributed by atoms with Gasteiger partial charge in [0.2, 0.25) is 15.9 Å². The van der Waals surface area contributed by atoms with Crippen LogP contribution in [0.4, 0.5) is 4.39 Å². The number of likely N-dealkylation sites (tertiary alicyclic amines) is 1. The highest BCUT2D eigenvalue weighted by Crippen LogP contribution is 2.16. The minimum Gasteiger partial charge on any atom is -0.341 e. The Labute approximate surface area is 141 Å². The Hall–Kier alpha value is -1.22. The van der Waals surface area contributed by atoms with Gasteiger partial charge in [-0.05, 0) is 31.0 Å². The Morgan fingerprint density at radius 2 is 2.17 bits per heavy atom. The predicted octanol–water partition coefficient (Wildman–Crippen LogP) is 0.866. The number of hydrogen-bond donors (Lipinski definition) is 2. The summed E-state index contributed by atoms with van der Waals surface area (Å²) in [5.41, 5.74) is 5.37. The summed E-state index contributed by atoms with van der Waals surface area (Å²) in [7, 11) is -3.80. The Balaban J connectivity index is 0.00000264. The zero-order chi connectivity index (χ0) is 16.2. The number of piperidine rings is 1. The highest BCUT2D eigenvalue weighted by atomic mass is 35.5. The van der Waals surface area contributed by atoms with E-state index in [2.05, 4.69) is 4.72 Å². The van der Waals surface area contributed by atoms with Gasteiger partial charge in [0.25, 0.3) is 0 Å². The molecule has 0 radical (unpaired) electrons. The van der Waals surface area contributed by atoms with Gasteiger partial charge in [-0.15, -0.1) is 12.4 Å². The van der Waals surface area contributed by atoms with Gasteiger partial charge in [0.1, 0.15) is 5.82 Å². The van der Waals surface area contributed by atoms with Crippen LogP contribution in [0.2, 0.25) is 0 Å². The molecule has 1 saturated heterocycles. The molecule has 1 aromatic carbocycles. The first kappa shape index (κ1) is 19.8. The average Bonchev–Trinajstić information content (AvgIpc) is 2.47. The van der Waals surface area contributed by atoms with Gasteiger partial charge in [-0.1, -0.05) is 6.07 Å². The number of carbonyl (C=O) groups is 1. The van der Waals surface area contributed by atoms with Crippen molar-refractivity contribution in [2.24, 2.45) is 5.73 Å². The van der Waals surface area contributed by atoms with Crippen LogP contribution in [0.15, 0.2) is 29.2 Å². The van der Waals surface area contributed by atoms with E-state index in [-0.39, 0.29) is 42.2 Å². The van der Waals surface area contributed by atoms with Crippen molar-refractivity contribution in [2.45, 2.75) is 30.2 Å². The fourth-order valence-electron chi connectivity index (χ4n) is 2.50. The lowest BCUT2D eigenvalue weighted by Gasteiger charge is -2.33. The molecule has 1 aromatic rings. The lowest BCUT2D eigenvalue weighted by Crippen LogP contribution is -2.49. The summed E-state index contributed by atoms with van der Waals surface area (Å²) in [6.45, 7) is 1.19. The Morgan fingerprint density at radius 3 is 2.83 bits per heavy atom. The standard InChI is InChI=1S/C14H20FN3O3S.ClH/c15-11-3-1-5-13(9-11)22(20,21)17-12-4-2-8-18(10-12)14(19)6-7-16;/h1,3,5,9,12,17H,2,4,6-8,10,16H2;1H. The number of nitrogens with two attached hydrogens (primary N) is 1. The van der Waals surface area contributed by atoms with Crippen LogP contribution in [0.3, 0.4) is 0 Å². The minimum atomic E-state index is -3.80. The lowest BCUT2D eigenvalue weighted by atomic mass is 10.1. The first-order chi connectivity index (χ1) is 10.4. The van der Waals surface area contributed by atoms with Gasteiger partial charge in [0.05, 0.1) is 4.90 Å². The number of nitrogens with one attached hydrogen (secondary N) is 1. The van der Waals surface area contributed by atoms with Gasteiger partial charge in [-0.2, -0.15) is 0 Å². The van der Waals surface area contributed by atoms with Crippen LogP contribution in [-0.2, 0) is 14.8 Å². The molecule has 9 heteroatoms. The molecule has 0 saturated carbocycles. The predicted molar refractivity (Wildman–Crippen MR) is 87.2 cm³/mol. The number of rotatable bonds is 5. The van der Waals surface area contributed by atoms with Crippen molar-refractivity contribution < 1.29 is 17.6 Å². The van der Waals surface area contributed by atoms with E-state index in [9.17, 15) is 17.6 Å². The molecule has 0 aliphatic carbocycles. The third-order valence-corrected chi connectivity index (χ3v) is 5.08.